The van der Waals surface area contributed by atoms with Crippen LogP contribution in [-0.4, -0.2) is 5.11 Å². The number of fused-ring (bicyclic) bond motifs is 1. The van der Waals surface area contributed by atoms with Crippen molar-refractivity contribution in [1.29, 1.82) is 0 Å². The van der Waals surface area contributed by atoms with Crippen molar-refractivity contribution in [1.82, 2.24) is 0 Å². The topological polar surface area (TPSA) is 24.1 Å². The molecule has 0 saturated heterocycles. The van der Waals surface area contributed by atoms with Crippen molar-refractivity contribution >= 4 is 39.5 Å². The van der Waals surface area contributed by atoms with Gasteiger partial charge in [-0.3, -0.25) is 0 Å². The quantitative estimate of drug-likeness (QED) is 0.119. The van der Waals surface area contributed by atoms with Gasteiger partial charge < -0.3 is 10.6 Å². The zero-order valence-electron chi connectivity index (χ0n) is 21.5. The molecule has 12 heteroatoms. The number of alkyl halides is 6. The second-order valence-electron chi connectivity index (χ2n) is 9.41. The fraction of sp³-hybridized carbons (Fsp3) is 0.0645. The standard InChI is InChI=1S/C31H17F9N2S/c32-25-11-18(12-26(33)28(25)34)24-6-2-4-17-3-1-5-23(27(17)24)16-7-9-21(10-8-16)41-29(43)42-22-14-19(30(35,36)37)13-20(15-22)31(38,39)40/h1-15H,(H2,41,42,43). The molecule has 0 atom stereocenters. The van der Waals surface area contributed by atoms with E-state index >= 15 is 0 Å². The van der Waals surface area contributed by atoms with Crippen LogP contribution >= 0.6 is 12.2 Å². The fourth-order valence-electron chi connectivity index (χ4n) is 4.59. The lowest BCUT2D eigenvalue weighted by Crippen LogP contribution is -2.20. The third-order valence-electron chi connectivity index (χ3n) is 6.50. The molecule has 0 bridgehead atoms. The monoisotopic (exact) mass is 620 g/mol. The van der Waals surface area contributed by atoms with Crippen LogP contribution in [0.15, 0.2) is 91.0 Å². The molecular formula is C31H17F9N2S. The first-order chi connectivity index (χ1) is 20.2. The van der Waals surface area contributed by atoms with Crippen molar-refractivity contribution in [3.8, 4) is 22.3 Å². The van der Waals surface area contributed by atoms with Crippen LogP contribution in [0.5, 0.6) is 0 Å². The summed E-state index contributed by atoms with van der Waals surface area (Å²) in [6, 6.07) is 19.9. The van der Waals surface area contributed by atoms with E-state index in [9.17, 15) is 39.5 Å². The van der Waals surface area contributed by atoms with Gasteiger partial charge in [0.05, 0.1) is 11.1 Å². The Balaban J connectivity index is 1.43. The summed E-state index contributed by atoms with van der Waals surface area (Å²) in [7, 11) is 0. The maximum atomic E-state index is 14.0. The van der Waals surface area contributed by atoms with Gasteiger partial charge in [0.15, 0.2) is 22.6 Å². The minimum absolute atomic E-state index is 0.0160. The Hall–Kier alpha value is -4.58. The number of benzene rings is 5. The van der Waals surface area contributed by atoms with E-state index in [4.69, 9.17) is 12.2 Å². The molecule has 0 fully saturated rings. The molecule has 0 spiro atoms. The van der Waals surface area contributed by atoms with Crippen molar-refractivity contribution in [3.05, 3.63) is 120 Å². The summed E-state index contributed by atoms with van der Waals surface area (Å²) in [4.78, 5) is 0. The zero-order chi connectivity index (χ0) is 31.1. The molecule has 2 N–H and O–H groups in total. The second kappa shape index (κ2) is 11.3. The van der Waals surface area contributed by atoms with Crippen LogP contribution in [0.2, 0.25) is 0 Å². The highest BCUT2D eigenvalue weighted by Crippen LogP contribution is 2.39. The number of thiocarbonyl (C=S) groups is 1. The van der Waals surface area contributed by atoms with Crippen LogP contribution in [0.3, 0.4) is 0 Å². The Morgan fingerprint density at radius 2 is 1.05 bits per heavy atom. The number of hydrogen-bond donors (Lipinski definition) is 2. The van der Waals surface area contributed by atoms with E-state index in [1.165, 1.54) is 0 Å². The Morgan fingerprint density at radius 1 is 0.558 bits per heavy atom. The first-order valence-electron chi connectivity index (χ1n) is 12.4. The molecule has 5 rings (SSSR count). The lowest BCUT2D eigenvalue weighted by atomic mass is 9.91. The molecule has 0 heterocycles. The highest BCUT2D eigenvalue weighted by Gasteiger charge is 2.37. The Labute approximate surface area is 243 Å². The van der Waals surface area contributed by atoms with Gasteiger partial charge in [-0.05, 0) is 87.7 Å². The van der Waals surface area contributed by atoms with E-state index < -0.39 is 46.6 Å². The van der Waals surface area contributed by atoms with E-state index in [2.05, 4.69) is 10.6 Å². The van der Waals surface area contributed by atoms with E-state index in [0.717, 1.165) is 17.5 Å². The molecule has 0 aliphatic rings. The van der Waals surface area contributed by atoms with Gasteiger partial charge in [-0.15, -0.1) is 0 Å². The minimum Gasteiger partial charge on any atom is -0.332 e. The molecule has 0 saturated carbocycles. The lowest BCUT2D eigenvalue weighted by Gasteiger charge is -2.16. The maximum absolute atomic E-state index is 14.0. The third kappa shape index (κ3) is 6.43. The summed E-state index contributed by atoms with van der Waals surface area (Å²) in [5.41, 5.74) is -1.19. The van der Waals surface area contributed by atoms with Gasteiger partial charge in [-0.25, -0.2) is 13.2 Å². The summed E-state index contributed by atoms with van der Waals surface area (Å²) in [5, 5.41) is 6.20. The molecule has 0 unspecified atom stereocenters. The predicted molar refractivity (Wildman–Crippen MR) is 151 cm³/mol. The molecule has 0 aliphatic carbocycles. The first kappa shape index (κ1) is 29.9. The van der Waals surface area contributed by atoms with Crippen LogP contribution in [-0.2, 0) is 12.4 Å². The second-order valence-corrected chi connectivity index (χ2v) is 9.82. The summed E-state index contributed by atoms with van der Waals surface area (Å²) in [6.07, 6.45) is -10.0. The number of anilines is 2. The van der Waals surface area contributed by atoms with Crippen molar-refractivity contribution in [3.63, 3.8) is 0 Å². The van der Waals surface area contributed by atoms with Crippen molar-refractivity contribution in [2.45, 2.75) is 12.4 Å². The van der Waals surface area contributed by atoms with Crippen LogP contribution in [0.25, 0.3) is 33.0 Å². The smallest absolute Gasteiger partial charge is 0.332 e. The number of rotatable bonds is 4. The minimum atomic E-state index is -5.01. The Morgan fingerprint density at radius 3 is 1.56 bits per heavy atom. The molecule has 5 aromatic rings. The van der Waals surface area contributed by atoms with Gasteiger partial charge >= 0.3 is 12.4 Å². The largest absolute Gasteiger partial charge is 0.416 e. The molecule has 0 radical (unpaired) electrons. The number of nitrogens with one attached hydrogen (secondary N) is 2. The molecule has 0 aromatic heterocycles. The van der Waals surface area contributed by atoms with Gasteiger partial charge in [0.2, 0.25) is 0 Å². The molecule has 0 amide bonds. The van der Waals surface area contributed by atoms with E-state index in [-0.39, 0.29) is 16.7 Å². The SMILES string of the molecule is Fc1cc(-c2cccc3cccc(-c4ccc(NC(=S)Nc5cc(C(F)(F)F)cc(C(F)(F)F)c5)cc4)c23)cc(F)c1F. The van der Waals surface area contributed by atoms with Gasteiger partial charge in [0.1, 0.15) is 0 Å². The average Bonchev–Trinajstić information content (AvgIpc) is 2.94. The maximum Gasteiger partial charge on any atom is 0.416 e. The average molecular weight is 621 g/mol. The molecule has 2 nitrogen and oxygen atoms in total. The van der Waals surface area contributed by atoms with Gasteiger partial charge in [0.25, 0.3) is 0 Å². The lowest BCUT2D eigenvalue weighted by molar-refractivity contribution is -0.143. The summed E-state index contributed by atoms with van der Waals surface area (Å²) < 4.78 is 121. The Bertz CT molecular complexity index is 1790. The van der Waals surface area contributed by atoms with Crippen molar-refractivity contribution in [2.75, 3.05) is 10.6 Å². The van der Waals surface area contributed by atoms with Gasteiger partial charge in [-0.1, -0.05) is 48.5 Å². The third-order valence-corrected chi connectivity index (χ3v) is 6.70. The highest BCUT2D eigenvalue weighted by molar-refractivity contribution is 7.80. The molecule has 220 valence electrons. The van der Waals surface area contributed by atoms with Crippen molar-refractivity contribution in [2.24, 2.45) is 0 Å². The van der Waals surface area contributed by atoms with Gasteiger partial charge in [-0.2, -0.15) is 26.3 Å². The van der Waals surface area contributed by atoms with Crippen LogP contribution in [0.4, 0.5) is 50.9 Å². The number of hydrogen-bond acceptors (Lipinski definition) is 1. The van der Waals surface area contributed by atoms with Crippen LogP contribution in [0.1, 0.15) is 11.1 Å². The Kier molecular flexibility index (Phi) is 7.82. The fourth-order valence-corrected chi connectivity index (χ4v) is 4.82. The highest BCUT2D eigenvalue weighted by atomic mass is 32.1. The molecule has 0 aliphatic heterocycles. The normalized spacial score (nSPS) is 11.9. The van der Waals surface area contributed by atoms with E-state index in [1.54, 1.807) is 60.7 Å². The molecular weight excluding hydrogens is 603 g/mol. The number of halogens is 9. The first-order valence-corrected chi connectivity index (χ1v) is 12.8. The van der Waals surface area contributed by atoms with Crippen LogP contribution < -0.4 is 10.6 Å². The van der Waals surface area contributed by atoms with Crippen LogP contribution in [0, 0.1) is 17.5 Å². The predicted octanol–water partition coefficient (Wildman–Crippen LogP) is 10.4. The zero-order valence-corrected chi connectivity index (χ0v) is 22.3. The van der Waals surface area contributed by atoms with Gasteiger partial charge in [0, 0.05) is 11.4 Å². The molecule has 5 aromatic carbocycles. The van der Waals surface area contributed by atoms with E-state index in [0.29, 0.717) is 39.9 Å². The summed E-state index contributed by atoms with van der Waals surface area (Å²) in [5.74, 6) is -4.23. The molecule has 43 heavy (non-hydrogen) atoms. The summed E-state index contributed by atoms with van der Waals surface area (Å²) in [6.45, 7) is 0. The van der Waals surface area contributed by atoms with Crippen molar-refractivity contribution < 1.29 is 39.5 Å². The van der Waals surface area contributed by atoms with E-state index in [1.807, 2.05) is 0 Å². The summed E-state index contributed by atoms with van der Waals surface area (Å²) >= 11 is 5.11.